The Balaban J connectivity index is 2.63. The highest BCUT2D eigenvalue weighted by atomic mass is 16.4. The van der Waals surface area contributed by atoms with Gasteiger partial charge in [-0.05, 0) is 37.8 Å². The van der Waals surface area contributed by atoms with E-state index in [1.54, 1.807) is 0 Å². The van der Waals surface area contributed by atoms with Gasteiger partial charge in [-0.25, -0.2) is 0 Å². The molecule has 0 aromatic carbocycles. The summed E-state index contributed by atoms with van der Waals surface area (Å²) in [7, 11) is 0. The zero-order valence-corrected chi connectivity index (χ0v) is 9.70. The van der Waals surface area contributed by atoms with Crippen LogP contribution in [0.15, 0.2) is 0 Å². The molecule has 0 radical (unpaired) electrons. The smallest absolute Gasteiger partial charge is 0.320 e. The average molecular weight is 214 g/mol. The van der Waals surface area contributed by atoms with Gasteiger partial charge in [0.2, 0.25) is 0 Å². The molecule has 0 aliphatic carbocycles. The molecule has 3 N–H and O–H groups in total. The molecule has 0 saturated carbocycles. The molecule has 1 rings (SSSR count). The van der Waals surface area contributed by atoms with Gasteiger partial charge in [-0.3, -0.25) is 9.69 Å². The van der Waals surface area contributed by atoms with Crippen LogP contribution < -0.4 is 5.73 Å². The van der Waals surface area contributed by atoms with E-state index < -0.39 is 12.0 Å². The molecule has 1 unspecified atom stereocenters. The summed E-state index contributed by atoms with van der Waals surface area (Å²) in [6.45, 7) is 6.58. The maximum Gasteiger partial charge on any atom is 0.320 e. The summed E-state index contributed by atoms with van der Waals surface area (Å²) in [6.07, 6.45) is 2.81. The molecule has 0 bridgehead atoms. The van der Waals surface area contributed by atoms with Crippen molar-refractivity contribution in [3.8, 4) is 0 Å². The number of carboxylic acid groups (broad SMARTS) is 1. The summed E-state index contributed by atoms with van der Waals surface area (Å²) in [5.74, 6) is -0.738. The Kier molecular flexibility index (Phi) is 4.11. The summed E-state index contributed by atoms with van der Waals surface area (Å²) in [5, 5.41) is 9.13. The van der Waals surface area contributed by atoms with Crippen LogP contribution in [0.1, 0.15) is 33.1 Å². The van der Waals surface area contributed by atoms with E-state index in [0.29, 0.717) is 13.0 Å². The molecule has 0 amide bonds. The topological polar surface area (TPSA) is 66.6 Å². The Hall–Kier alpha value is -0.610. The molecule has 1 fully saturated rings. The van der Waals surface area contributed by atoms with E-state index in [-0.39, 0.29) is 5.41 Å². The van der Waals surface area contributed by atoms with E-state index in [4.69, 9.17) is 10.8 Å². The third-order valence-corrected chi connectivity index (χ3v) is 3.10. The van der Waals surface area contributed by atoms with Crippen LogP contribution >= 0.6 is 0 Å². The van der Waals surface area contributed by atoms with Gasteiger partial charge in [0.1, 0.15) is 6.04 Å². The van der Waals surface area contributed by atoms with Gasteiger partial charge in [-0.1, -0.05) is 13.8 Å². The lowest BCUT2D eigenvalue weighted by atomic mass is 9.83. The second kappa shape index (κ2) is 4.94. The van der Waals surface area contributed by atoms with Gasteiger partial charge in [0.25, 0.3) is 0 Å². The monoisotopic (exact) mass is 214 g/mol. The summed E-state index contributed by atoms with van der Waals surface area (Å²) in [4.78, 5) is 13.2. The standard InChI is InChI=1S/C11H22N2O2/c1-11(2)5-3-7-13(8-11)9(4-6-12)10(14)15/h9H,3-8,12H2,1-2H3,(H,14,15). The quantitative estimate of drug-likeness (QED) is 0.730. The van der Waals surface area contributed by atoms with Gasteiger partial charge >= 0.3 is 5.97 Å². The van der Waals surface area contributed by atoms with Crippen molar-refractivity contribution >= 4 is 5.97 Å². The summed E-state index contributed by atoms with van der Waals surface area (Å²) >= 11 is 0. The van der Waals surface area contributed by atoms with E-state index in [1.165, 1.54) is 6.42 Å². The van der Waals surface area contributed by atoms with Gasteiger partial charge in [-0.2, -0.15) is 0 Å². The predicted molar refractivity (Wildman–Crippen MR) is 59.7 cm³/mol. The molecule has 4 nitrogen and oxygen atoms in total. The minimum absolute atomic E-state index is 0.237. The number of rotatable bonds is 4. The number of likely N-dealkylation sites (tertiary alicyclic amines) is 1. The fraction of sp³-hybridized carbons (Fsp3) is 0.909. The molecule has 0 aromatic heterocycles. The SMILES string of the molecule is CC1(C)CCCN(C(CCN)C(=O)O)C1. The number of carbonyl (C=O) groups is 1. The van der Waals surface area contributed by atoms with E-state index in [1.807, 2.05) is 0 Å². The zero-order valence-electron chi connectivity index (χ0n) is 9.70. The van der Waals surface area contributed by atoms with Gasteiger partial charge in [0, 0.05) is 6.54 Å². The number of nitrogens with zero attached hydrogens (tertiary/aromatic N) is 1. The zero-order chi connectivity index (χ0) is 11.5. The summed E-state index contributed by atoms with van der Waals surface area (Å²) < 4.78 is 0. The van der Waals surface area contributed by atoms with Crippen molar-refractivity contribution in [2.75, 3.05) is 19.6 Å². The molecule has 1 aliphatic heterocycles. The molecule has 1 aliphatic rings. The lowest BCUT2D eigenvalue weighted by Gasteiger charge is -2.40. The third kappa shape index (κ3) is 3.47. The molecule has 15 heavy (non-hydrogen) atoms. The highest BCUT2D eigenvalue weighted by Gasteiger charge is 2.33. The fourth-order valence-corrected chi connectivity index (χ4v) is 2.35. The van der Waals surface area contributed by atoms with Crippen LogP contribution in [-0.4, -0.2) is 41.7 Å². The number of hydrogen-bond acceptors (Lipinski definition) is 3. The first-order chi connectivity index (χ1) is 6.96. The van der Waals surface area contributed by atoms with Crippen LogP contribution in [0.5, 0.6) is 0 Å². The van der Waals surface area contributed by atoms with Crippen molar-refractivity contribution < 1.29 is 9.90 Å². The van der Waals surface area contributed by atoms with Crippen molar-refractivity contribution in [1.29, 1.82) is 0 Å². The molecule has 0 aromatic rings. The van der Waals surface area contributed by atoms with Crippen LogP contribution in [0.25, 0.3) is 0 Å². The Bertz CT molecular complexity index is 229. The van der Waals surface area contributed by atoms with Crippen molar-refractivity contribution in [2.45, 2.75) is 39.2 Å². The van der Waals surface area contributed by atoms with Crippen molar-refractivity contribution in [2.24, 2.45) is 11.1 Å². The van der Waals surface area contributed by atoms with Crippen LogP contribution in [0.4, 0.5) is 0 Å². The minimum Gasteiger partial charge on any atom is -0.480 e. The van der Waals surface area contributed by atoms with Gasteiger partial charge < -0.3 is 10.8 Å². The number of piperidine rings is 1. The highest BCUT2D eigenvalue weighted by Crippen LogP contribution is 2.29. The first-order valence-electron chi connectivity index (χ1n) is 5.63. The molecule has 1 saturated heterocycles. The molecule has 0 spiro atoms. The lowest BCUT2D eigenvalue weighted by molar-refractivity contribution is -0.144. The fourth-order valence-electron chi connectivity index (χ4n) is 2.35. The van der Waals surface area contributed by atoms with Crippen LogP contribution in [-0.2, 0) is 4.79 Å². The van der Waals surface area contributed by atoms with Crippen molar-refractivity contribution in [3.63, 3.8) is 0 Å². The normalized spacial score (nSPS) is 23.7. The van der Waals surface area contributed by atoms with Crippen LogP contribution in [0.2, 0.25) is 0 Å². The van der Waals surface area contributed by atoms with E-state index in [9.17, 15) is 4.79 Å². The number of carboxylic acids is 1. The highest BCUT2D eigenvalue weighted by molar-refractivity contribution is 5.73. The van der Waals surface area contributed by atoms with E-state index in [0.717, 1.165) is 19.5 Å². The van der Waals surface area contributed by atoms with Crippen molar-refractivity contribution in [1.82, 2.24) is 4.90 Å². The van der Waals surface area contributed by atoms with Gasteiger partial charge in [0.05, 0.1) is 0 Å². The molecule has 1 atom stereocenters. The maximum atomic E-state index is 11.1. The summed E-state index contributed by atoms with van der Waals surface area (Å²) in [6, 6.07) is -0.394. The first-order valence-corrected chi connectivity index (χ1v) is 5.63. The average Bonchev–Trinajstić information content (AvgIpc) is 2.11. The Morgan fingerprint density at radius 3 is 2.73 bits per heavy atom. The molecule has 1 heterocycles. The Labute approximate surface area is 91.4 Å². The number of nitrogens with two attached hydrogens (primary N) is 1. The van der Waals surface area contributed by atoms with E-state index in [2.05, 4.69) is 18.7 Å². The molecule has 4 heteroatoms. The van der Waals surface area contributed by atoms with E-state index >= 15 is 0 Å². The van der Waals surface area contributed by atoms with Crippen molar-refractivity contribution in [3.05, 3.63) is 0 Å². The van der Waals surface area contributed by atoms with Crippen LogP contribution in [0, 0.1) is 5.41 Å². The minimum atomic E-state index is -0.738. The number of aliphatic carboxylic acids is 1. The number of hydrogen-bond donors (Lipinski definition) is 2. The summed E-state index contributed by atoms with van der Waals surface area (Å²) in [5.41, 5.74) is 5.69. The second-order valence-electron chi connectivity index (χ2n) is 5.17. The molecule has 88 valence electrons. The third-order valence-electron chi connectivity index (χ3n) is 3.10. The second-order valence-corrected chi connectivity index (χ2v) is 5.17. The Morgan fingerprint density at radius 1 is 1.60 bits per heavy atom. The van der Waals surface area contributed by atoms with Gasteiger partial charge in [-0.15, -0.1) is 0 Å². The first kappa shape index (κ1) is 12.5. The van der Waals surface area contributed by atoms with Gasteiger partial charge in [0.15, 0.2) is 0 Å². The Morgan fingerprint density at radius 2 is 2.27 bits per heavy atom. The maximum absolute atomic E-state index is 11.1. The predicted octanol–water partition coefficient (Wildman–Crippen LogP) is 0.910. The largest absolute Gasteiger partial charge is 0.480 e. The molecular weight excluding hydrogens is 192 g/mol. The lowest BCUT2D eigenvalue weighted by Crippen LogP contribution is -2.49. The van der Waals surface area contributed by atoms with Crippen LogP contribution in [0.3, 0.4) is 0 Å². The molecular formula is C11H22N2O2.